The number of hydrogen-bond acceptors (Lipinski definition) is 3. The molecule has 0 radical (unpaired) electrons. The summed E-state index contributed by atoms with van der Waals surface area (Å²) in [4.78, 5) is 2.23. The number of benzene rings is 1. The highest BCUT2D eigenvalue weighted by molar-refractivity contribution is 5.46. The first kappa shape index (κ1) is 13.4. The highest BCUT2D eigenvalue weighted by atomic mass is 16.5. The lowest BCUT2D eigenvalue weighted by molar-refractivity contribution is 0.124. The molecule has 0 heterocycles. The van der Waals surface area contributed by atoms with Crippen molar-refractivity contribution in [2.45, 2.75) is 38.5 Å². The smallest absolute Gasteiger partial charge is 0.0717 e. The van der Waals surface area contributed by atoms with Crippen molar-refractivity contribution in [1.82, 2.24) is 5.32 Å². The van der Waals surface area contributed by atoms with Gasteiger partial charge in [-0.2, -0.15) is 0 Å². The van der Waals surface area contributed by atoms with Crippen LogP contribution in [0.15, 0.2) is 24.3 Å². The Balaban J connectivity index is 1.85. The van der Waals surface area contributed by atoms with Crippen molar-refractivity contribution < 1.29 is 4.74 Å². The zero-order valence-corrected chi connectivity index (χ0v) is 11.6. The Hall–Kier alpha value is -1.06. The van der Waals surface area contributed by atoms with Gasteiger partial charge >= 0.3 is 0 Å². The quantitative estimate of drug-likeness (QED) is 0.802. The van der Waals surface area contributed by atoms with E-state index in [9.17, 15) is 0 Å². The van der Waals surface area contributed by atoms with E-state index < -0.39 is 0 Å². The van der Waals surface area contributed by atoms with E-state index >= 15 is 0 Å². The minimum Gasteiger partial charge on any atom is -0.380 e. The SMILES string of the molecule is COC(C)CN(C)c1ccc(CNC2CC2)cc1. The summed E-state index contributed by atoms with van der Waals surface area (Å²) in [5.74, 6) is 0. The van der Waals surface area contributed by atoms with Crippen LogP contribution in [0.1, 0.15) is 25.3 Å². The van der Waals surface area contributed by atoms with Crippen molar-refractivity contribution in [2.24, 2.45) is 0 Å². The van der Waals surface area contributed by atoms with E-state index in [1.54, 1.807) is 7.11 Å². The van der Waals surface area contributed by atoms with Crippen molar-refractivity contribution in [3.63, 3.8) is 0 Å². The summed E-state index contributed by atoms with van der Waals surface area (Å²) in [5.41, 5.74) is 2.60. The van der Waals surface area contributed by atoms with E-state index in [0.717, 1.165) is 19.1 Å². The molecular weight excluding hydrogens is 224 g/mol. The molecule has 3 nitrogen and oxygen atoms in total. The number of methoxy groups -OCH3 is 1. The molecule has 0 bridgehead atoms. The van der Waals surface area contributed by atoms with Crippen LogP contribution in [-0.4, -0.2) is 32.8 Å². The third-order valence-corrected chi connectivity index (χ3v) is 3.48. The van der Waals surface area contributed by atoms with Crippen LogP contribution in [-0.2, 0) is 11.3 Å². The third kappa shape index (κ3) is 4.00. The maximum atomic E-state index is 5.29. The second kappa shape index (κ2) is 6.21. The van der Waals surface area contributed by atoms with E-state index in [1.807, 2.05) is 0 Å². The molecule has 2 rings (SSSR count). The summed E-state index contributed by atoms with van der Waals surface area (Å²) in [7, 11) is 3.86. The first-order valence-corrected chi connectivity index (χ1v) is 6.75. The highest BCUT2D eigenvalue weighted by Gasteiger charge is 2.19. The van der Waals surface area contributed by atoms with E-state index in [2.05, 4.69) is 48.5 Å². The van der Waals surface area contributed by atoms with Crippen LogP contribution < -0.4 is 10.2 Å². The van der Waals surface area contributed by atoms with Gasteiger partial charge in [0.1, 0.15) is 0 Å². The van der Waals surface area contributed by atoms with Gasteiger partial charge < -0.3 is 15.0 Å². The average molecular weight is 248 g/mol. The molecular formula is C15H24N2O. The molecule has 3 heteroatoms. The molecule has 1 aliphatic carbocycles. The van der Waals surface area contributed by atoms with Gasteiger partial charge in [-0.15, -0.1) is 0 Å². The fraction of sp³-hybridized carbons (Fsp3) is 0.600. The molecule has 0 spiro atoms. The van der Waals surface area contributed by atoms with Crippen LogP contribution in [0.3, 0.4) is 0 Å². The van der Waals surface area contributed by atoms with E-state index in [1.165, 1.54) is 24.1 Å². The maximum Gasteiger partial charge on any atom is 0.0717 e. The van der Waals surface area contributed by atoms with Gasteiger partial charge in [-0.05, 0) is 37.5 Å². The van der Waals surface area contributed by atoms with Gasteiger partial charge in [0.15, 0.2) is 0 Å². The lowest BCUT2D eigenvalue weighted by Crippen LogP contribution is -2.28. The van der Waals surface area contributed by atoms with Crippen LogP contribution in [0.25, 0.3) is 0 Å². The number of nitrogens with zero attached hydrogens (tertiary/aromatic N) is 1. The average Bonchev–Trinajstić information content (AvgIpc) is 3.20. The fourth-order valence-electron chi connectivity index (χ4n) is 1.98. The molecule has 1 atom stereocenters. The standard InChI is InChI=1S/C15H24N2O/c1-12(18-3)11-17(2)15-8-4-13(5-9-15)10-16-14-6-7-14/h4-5,8-9,12,14,16H,6-7,10-11H2,1-3H3. The zero-order chi connectivity index (χ0) is 13.0. The number of hydrogen-bond donors (Lipinski definition) is 1. The van der Waals surface area contributed by atoms with Crippen LogP contribution in [0.2, 0.25) is 0 Å². The van der Waals surface area contributed by atoms with Crippen LogP contribution in [0.5, 0.6) is 0 Å². The lowest BCUT2D eigenvalue weighted by Gasteiger charge is -2.22. The zero-order valence-electron chi connectivity index (χ0n) is 11.6. The van der Waals surface area contributed by atoms with Crippen LogP contribution in [0, 0.1) is 0 Å². The summed E-state index contributed by atoms with van der Waals surface area (Å²) in [6.07, 6.45) is 2.94. The number of likely N-dealkylation sites (N-methyl/N-ethyl adjacent to an activating group) is 1. The summed E-state index contributed by atoms with van der Waals surface area (Å²) < 4.78 is 5.29. The largest absolute Gasteiger partial charge is 0.380 e. The molecule has 1 aliphatic rings. The summed E-state index contributed by atoms with van der Waals surface area (Å²) in [6.45, 7) is 3.99. The van der Waals surface area contributed by atoms with Gasteiger partial charge in [0.25, 0.3) is 0 Å². The van der Waals surface area contributed by atoms with Crippen molar-refractivity contribution in [2.75, 3.05) is 25.6 Å². The van der Waals surface area contributed by atoms with Crippen molar-refractivity contribution >= 4 is 5.69 Å². The molecule has 100 valence electrons. The lowest BCUT2D eigenvalue weighted by atomic mass is 10.2. The molecule has 1 unspecified atom stereocenters. The molecule has 1 aromatic carbocycles. The number of nitrogens with one attached hydrogen (secondary N) is 1. The Morgan fingerprint density at radius 1 is 1.33 bits per heavy atom. The minimum atomic E-state index is 0.256. The molecule has 1 saturated carbocycles. The first-order valence-electron chi connectivity index (χ1n) is 6.75. The Kier molecular flexibility index (Phi) is 4.61. The molecule has 1 fully saturated rings. The van der Waals surface area contributed by atoms with Crippen molar-refractivity contribution in [3.05, 3.63) is 29.8 Å². The molecule has 0 aliphatic heterocycles. The minimum absolute atomic E-state index is 0.256. The molecule has 1 aromatic rings. The van der Waals surface area contributed by atoms with Gasteiger partial charge in [-0.1, -0.05) is 12.1 Å². The summed E-state index contributed by atoms with van der Waals surface area (Å²) in [5, 5.41) is 3.53. The second-order valence-corrected chi connectivity index (χ2v) is 5.25. The van der Waals surface area contributed by atoms with Gasteiger partial charge in [-0.25, -0.2) is 0 Å². The third-order valence-electron chi connectivity index (χ3n) is 3.48. The fourth-order valence-corrected chi connectivity index (χ4v) is 1.98. The van der Waals surface area contributed by atoms with Crippen LogP contribution >= 0.6 is 0 Å². The predicted octanol–water partition coefficient (Wildman–Crippen LogP) is 2.41. The van der Waals surface area contributed by atoms with Gasteiger partial charge in [-0.3, -0.25) is 0 Å². The monoisotopic (exact) mass is 248 g/mol. The Morgan fingerprint density at radius 2 is 2.00 bits per heavy atom. The predicted molar refractivity (Wildman–Crippen MR) is 76.0 cm³/mol. The Labute approximate surface area is 110 Å². The van der Waals surface area contributed by atoms with E-state index in [0.29, 0.717) is 0 Å². The molecule has 0 saturated heterocycles. The van der Waals surface area contributed by atoms with Gasteiger partial charge in [0, 0.05) is 39.0 Å². The van der Waals surface area contributed by atoms with E-state index in [-0.39, 0.29) is 6.10 Å². The first-order chi connectivity index (χ1) is 8.69. The molecule has 0 amide bonds. The van der Waals surface area contributed by atoms with E-state index in [4.69, 9.17) is 4.74 Å². The van der Waals surface area contributed by atoms with Crippen LogP contribution in [0.4, 0.5) is 5.69 Å². The second-order valence-electron chi connectivity index (χ2n) is 5.25. The molecule has 1 N–H and O–H groups in total. The van der Waals surface area contributed by atoms with Gasteiger partial charge in [0.05, 0.1) is 6.10 Å². The molecule has 18 heavy (non-hydrogen) atoms. The summed E-state index contributed by atoms with van der Waals surface area (Å²) in [6, 6.07) is 9.56. The number of rotatable bonds is 7. The topological polar surface area (TPSA) is 24.5 Å². The Morgan fingerprint density at radius 3 is 2.56 bits per heavy atom. The molecule has 0 aromatic heterocycles. The number of anilines is 1. The Bertz CT molecular complexity index is 359. The van der Waals surface area contributed by atoms with Gasteiger partial charge in [0.2, 0.25) is 0 Å². The number of ether oxygens (including phenoxy) is 1. The van der Waals surface area contributed by atoms with Crippen molar-refractivity contribution in [3.8, 4) is 0 Å². The summed E-state index contributed by atoms with van der Waals surface area (Å²) >= 11 is 0. The van der Waals surface area contributed by atoms with Crippen molar-refractivity contribution in [1.29, 1.82) is 0 Å². The maximum absolute atomic E-state index is 5.29. The normalized spacial score (nSPS) is 16.6. The highest BCUT2D eigenvalue weighted by Crippen LogP contribution is 2.20.